The molecule has 3 heterocycles. The summed E-state index contributed by atoms with van der Waals surface area (Å²) in [7, 11) is 0. The van der Waals surface area contributed by atoms with E-state index >= 15 is 0 Å². The smallest absolute Gasteiger partial charge is 0.349 e. The van der Waals surface area contributed by atoms with Crippen LogP contribution in [0.15, 0.2) is 4.79 Å². The first-order chi connectivity index (χ1) is 12.4. The average Bonchev–Trinajstić information content (AvgIpc) is 2.76. The number of fused-ring (bicyclic) bond motifs is 2. The van der Waals surface area contributed by atoms with Crippen LogP contribution in [0.5, 0.6) is 0 Å². The van der Waals surface area contributed by atoms with E-state index in [1.165, 1.54) is 0 Å². The minimum atomic E-state index is -0.634. The second-order valence-corrected chi connectivity index (χ2v) is 7.65. The van der Waals surface area contributed by atoms with E-state index in [1.54, 1.807) is 25.3 Å². The number of aryl methyl sites for hydroxylation is 2. The molecule has 0 aliphatic carbocycles. The lowest BCUT2D eigenvalue weighted by Crippen LogP contribution is -2.24. The van der Waals surface area contributed by atoms with Crippen LogP contribution < -0.4 is 5.56 Å². The first-order valence-corrected chi connectivity index (χ1v) is 9.59. The van der Waals surface area contributed by atoms with E-state index in [-0.39, 0.29) is 11.7 Å². The van der Waals surface area contributed by atoms with Crippen LogP contribution in [-0.2, 0) is 27.2 Å². The molecule has 0 fully saturated rings. The summed E-state index contributed by atoms with van der Waals surface area (Å²) in [5.41, 5.74) is 0.461. The number of nitrogens with zero attached hydrogens (tertiary/aromatic N) is 2. The second-order valence-electron chi connectivity index (χ2n) is 6.65. The Hall–Kier alpha value is -2.22. The number of thiophene rings is 1. The molecule has 0 N–H and O–H groups in total. The van der Waals surface area contributed by atoms with Gasteiger partial charge in [0.2, 0.25) is 0 Å². The van der Waals surface area contributed by atoms with Gasteiger partial charge in [-0.3, -0.25) is 9.36 Å². The number of carbonyl (C=O) groups is 2. The molecule has 2 aromatic rings. The van der Waals surface area contributed by atoms with Crippen molar-refractivity contribution in [2.24, 2.45) is 0 Å². The van der Waals surface area contributed by atoms with Gasteiger partial charge >= 0.3 is 11.9 Å². The fraction of sp³-hybridized carbons (Fsp3) is 0.556. The van der Waals surface area contributed by atoms with Crippen LogP contribution in [0.2, 0.25) is 0 Å². The predicted molar refractivity (Wildman–Crippen MR) is 97.7 cm³/mol. The number of hydrogen-bond acceptors (Lipinski definition) is 7. The van der Waals surface area contributed by atoms with Gasteiger partial charge in [0.05, 0.1) is 11.5 Å². The molecule has 0 bridgehead atoms. The lowest BCUT2D eigenvalue weighted by atomic mass is 10.2. The molecule has 1 aliphatic heterocycles. The van der Waals surface area contributed by atoms with Crippen molar-refractivity contribution in [3.05, 3.63) is 26.6 Å². The maximum atomic E-state index is 12.9. The van der Waals surface area contributed by atoms with Crippen LogP contribution in [-0.4, -0.2) is 34.2 Å². The van der Waals surface area contributed by atoms with Gasteiger partial charge in [-0.2, -0.15) is 0 Å². The van der Waals surface area contributed by atoms with E-state index in [0.29, 0.717) is 27.2 Å². The molecule has 26 heavy (non-hydrogen) atoms. The maximum Gasteiger partial charge on any atom is 0.349 e. The second kappa shape index (κ2) is 7.57. The summed E-state index contributed by atoms with van der Waals surface area (Å²) >= 11 is 1.14. The lowest BCUT2D eigenvalue weighted by molar-refractivity contribution is -0.150. The molecule has 0 saturated carbocycles. The molecule has 0 aromatic carbocycles. The fourth-order valence-electron chi connectivity index (χ4n) is 3.09. The highest BCUT2D eigenvalue weighted by molar-refractivity contribution is 7.20. The SMILES string of the molecule is Cc1c(C(=O)OCC(=O)OC(C)C)sc2nc3n(c(=O)c12)CCCCC3. The van der Waals surface area contributed by atoms with Gasteiger partial charge < -0.3 is 9.47 Å². The van der Waals surface area contributed by atoms with Gasteiger partial charge in [-0.15, -0.1) is 11.3 Å². The van der Waals surface area contributed by atoms with Crippen LogP contribution >= 0.6 is 11.3 Å². The summed E-state index contributed by atoms with van der Waals surface area (Å²) in [6.07, 6.45) is 3.54. The summed E-state index contributed by atoms with van der Waals surface area (Å²) in [5.74, 6) is -0.454. The summed E-state index contributed by atoms with van der Waals surface area (Å²) in [6, 6.07) is 0. The molecule has 2 aromatic heterocycles. The Labute approximate surface area is 154 Å². The van der Waals surface area contributed by atoms with Crippen LogP contribution in [0.1, 0.15) is 54.2 Å². The standard InChI is InChI=1S/C18H22N2O5S/c1-10(2)25-13(21)9-24-18(23)15-11(3)14-16(26-15)19-12-7-5-4-6-8-20(12)17(14)22/h10H,4-9H2,1-3H3. The molecule has 3 rings (SSSR count). The zero-order valence-electron chi connectivity index (χ0n) is 15.2. The van der Waals surface area contributed by atoms with E-state index in [9.17, 15) is 14.4 Å². The molecular weight excluding hydrogens is 356 g/mol. The summed E-state index contributed by atoms with van der Waals surface area (Å²) in [5, 5.41) is 0.470. The number of esters is 2. The molecule has 140 valence electrons. The van der Waals surface area contributed by atoms with Crippen molar-refractivity contribution < 1.29 is 19.1 Å². The van der Waals surface area contributed by atoms with Crippen molar-refractivity contribution in [1.29, 1.82) is 0 Å². The van der Waals surface area contributed by atoms with Crippen molar-refractivity contribution in [1.82, 2.24) is 9.55 Å². The quantitative estimate of drug-likeness (QED) is 0.760. The lowest BCUT2D eigenvalue weighted by Gasteiger charge is -2.08. The van der Waals surface area contributed by atoms with Crippen LogP contribution in [0.3, 0.4) is 0 Å². The van der Waals surface area contributed by atoms with E-state index in [4.69, 9.17) is 9.47 Å². The van der Waals surface area contributed by atoms with Gasteiger partial charge in [0.1, 0.15) is 15.5 Å². The Morgan fingerprint density at radius 1 is 1.27 bits per heavy atom. The van der Waals surface area contributed by atoms with Gasteiger partial charge in [0.15, 0.2) is 6.61 Å². The van der Waals surface area contributed by atoms with Gasteiger partial charge in [-0.1, -0.05) is 6.42 Å². The minimum Gasteiger partial charge on any atom is -0.460 e. The number of carbonyl (C=O) groups excluding carboxylic acids is 2. The van der Waals surface area contributed by atoms with Crippen molar-refractivity contribution in [2.75, 3.05) is 6.61 Å². The highest BCUT2D eigenvalue weighted by Crippen LogP contribution is 2.29. The molecule has 0 radical (unpaired) electrons. The molecule has 7 nitrogen and oxygen atoms in total. The Kier molecular flexibility index (Phi) is 5.41. The van der Waals surface area contributed by atoms with Gasteiger partial charge in [0.25, 0.3) is 5.56 Å². The molecule has 1 aliphatic rings. The summed E-state index contributed by atoms with van der Waals surface area (Å²) in [6.45, 7) is 5.37. The van der Waals surface area contributed by atoms with Gasteiger partial charge in [-0.05, 0) is 39.2 Å². The Morgan fingerprint density at radius 3 is 2.77 bits per heavy atom. The van der Waals surface area contributed by atoms with Crippen LogP contribution in [0.4, 0.5) is 0 Å². The molecular formula is C18H22N2O5S. The molecule has 8 heteroatoms. The molecule has 0 atom stereocenters. The zero-order valence-corrected chi connectivity index (χ0v) is 16.0. The zero-order chi connectivity index (χ0) is 18.8. The normalized spacial score (nSPS) is 14.2. The third-order valence-electron chi connectivity index (χ3n) is 4.29. The van der Waals surface area contributed by atoms with Crippen molar-refractivity contribution in [3.8, 4) is 0 Å². The summed E-state index contributed by atoms with van der Waals surface area (Å²) < 4.78 is 11.7. The first-order valence-electron chi connectivity index (χ1n) is 8.78. The average molecular weight is 378 g/mol. The number of rotatable bonds is 4. The van der Waals surface area contributed by atoms with E-state index in [1.807, 2.05) is 0 Å². The Morgan fingerprint density at radius 2 is 2.04 bits per heavy atom. The monoisotopic (exact) mass is 378 g/mol. The molecule has 0 spiro atoms. The van der Waals surface area contributed by atoms with Crippen molar-refractivity contribution in [3.63, 3.8) is 0 Å². The highest BCUT2D eigenvalue weighted by atomic mass is 32.1. The molecule has 0 amide bonds. The van der Waals surface area contributed by atoms with Gasteiger partial charge in [0, 0.05) is 13.0 Å². The fourth-order valence-corrected chi connectivity index (χ4v) is 4.18. The van der Waals surface area contributed by atoms with Crippen LogP contribution in [0.25, 0.3) is 10.2 Å². The third kappa shape index (κ3) is 3.65. The minimum absolute atomic E-state index is 0.0982. The maximum absolute atomic E-state index is 12.9. The number of aromatic nitrogens is 2. The number of hydrogen-bond donors (Lipinski definition) is 0. The third-order valence-corrected chi connectivity index (χ3v) is 5.45. The largest absolute Gasteiger partial charge is 0.460 e. The Balaban J connectivity index is 1.89. The van der Waals surface area contributed by atoms with Crippen molar-refractivity contribution in [2.45, 2.75) is 59.1 Å². The highest BCUT2D eigenvalue weighted by Gasteiger charge is 2.23. The van der Waals surface area contributed by atoms with Crippen molar-refractivity contribution >= 4 is 33.5 Å². The topological polar surface area (TPSA) is 87.5 Å². The van der Waals surface area contributed by atoms with E-state index < -0.39 is 18.5 Å². The first kappa shape index (κ1) is 18.6. The predicted octanol–water partition coefficient (Wildman–Crippen LogP) is 2.60. The van der Waals surface area contributed by atoms with E-state index in [0.717, 1.165) is 42.8 Å². The summed E-state index contributed by atoms with van der Waals surface area (Å²) in [4.78, 5) is 42.3. The number of ether oxygens (including phenoxy) is 2. The van der Waals surface area contributed by atoms with Crippen LogP contribution in [0, 0.1) is 6.92 Å². The molecule has 0 saturated heterocycles. The molecule has 0 unspecified atom stereocenters. The Bertz CT molecular complexity index is 912. The van der Waals surface area contributed by atoms with E-state index in [2.05, 4.69) is 4.98 Å². The van der Waals surface area contributed by atoms with Gasteiger partial charge in [-0.25, -0.2) is 14.6 Å².